The van der Waals surface area contributed by atoms with Crippen LogP contribution in [0.4, 0.5) is 4.39 Å². The second-order valence-corrected chi connectivity index (χ2v) is 3.73. The van der Waals surface area contributed by atoms with E-state index in [-0.39, 0.29) is 17.8 Å². The summed E-state index contributed by atoms with van der Waals surface area (Å²) in [5, 5.41) is 0. The van der Waals surface area contributed by atoms with E-state index in [1.54, 1.807) is 24.3 Å². The Hall–Kier alpha value is -2.30. The molecule has 0 radical (unpaired) electrons. The van der Waals surface area contributed by atoms with Crippen molar-refractivity contribution >= 4 is 11.0 Å². The van der Waals surface area contributed by atoms with Gasteiger partial charge in [-0.3, -0.25) is 4.57 Å². The first kappa shape index (κ1) is 9.89. The third kappa shape index (κ3) is 1.56. The molecule has 0 fully saturated rings. The lowest BCUT2D eigenvalue weighted by molar-refractivity contribution is 0.493. The summed E-state index contributed by atoms with van der Waals surface area (Å²) in [6, 6.07) is 8.10. The fourth-order valence-electron chi connectivity index (χ4n) is 1.86. The molecule has 86 valence electrons. The first-order valence-corrected chi connectivity index (χ1v) is 5.15. The molecule has 0 bridgehead atoms. The second kappa shape index (κ2) is 3.62. The van der Waals surface area contributed by atoms with E-state index >= 15 is 0 Å². The van der Waals surface area contributed by atoms with Gasteiger partial charge in [-0.15, -0.1) is 0 Å². The highest BCUT2D eigenvalue weighted by Gasteiger charge is 2.10. The molecule has 0 saturated carbocycles. The van der Waals surface area contributed by atoms with Gasteiger partial charge in [0.25, 0.3) is 0 Å². The van der Waals surface area contributed by atoms with Crippen LogP contribution in [0.15, 0.2) is 45.8 Å². The van der Waals surface area contributed by atoms with E-state index in [4.69, 9.17) is 4.42 Å². The van der Waals surface area contributed by atoms with Crippen LogP contribution in [0.1, 0.15) is 5.76 Å². The van der Waals surface area contributed by atoms with Crippen molar-refractivity contribution in [3.63, 3.8) is 0 Å². The smallest absolute Gasteiger partial charge is 0.326 e. The molecular formula is C12H9FN2O2. The molecule has 2 aromatic heterocycles. The molecule has 1 N–H and O–H groups in total. The summed E-state index contributed by atoms with van der Waals surface area (Å²) < 4.78 is 20.1. The number of aromatic nitrogens is 2. The van der Waals surface area contributed by atoms with Gasteiger partial charge >= 0.3 is 5.69 Å². The van der Waals surface area contributed by atoms with Crippen LogP contribution in [0.25, 0.3) is 11.0 Å². The fraction of sp³-hybridized carbons (Fsp3) is 0.0833. The molecule has 0 aliphatic carbocycles. The number of aromatic amines is 1. The lowest BCUT2D eigenvalue weighted by Crippen LogP contribution is -2.16. The number of imidazole rings is 1. The van der Waals surface area contributed by atoms with E-state index in [9.17, 15) is 9.18 Å². The van der Waals surface area contributed by atoms with Crippen molar-refractivity contribution < 1.29 is 8.81 Å². The maximum Gasteiger partial charge on any atom is 0.326 e. The molecule has 3 rings (SSSR count). The van der Waals surface area contributed by atoms with Gasteiger partial charge < -0.3 is 9.40 Å². The minimum atomic E-state index is -0.433. The Labute approximate surface area is 95.3 Å². The molecule has 0 saturated heterocycles. The molecule has 0 amide bonds. The van der Waals surface area contributed by atoms with E-state index in [1.807, 2.05) is 0 Å². The van der Waals surface area contributed by atoms with Gasteiger partial charge in [0.05, 0.1) is 18.3 Å². The van der Waals surface area contributed by atoms with Crippen molar-refractivity contribution in [2.24, 2.45) is 0 Å². The van der Waals surface area contributed by atoms with Gasteiger partial charge in [-0.25, -0.2) is 9.18 Å². The van der Waals surface area contributed by atoms with Crippen molar-refractivity contribution in [2.75, 3.05) is 0 Å². The maximum absolute atomic E-state index is 13.5. The summed E-state index contributed by atoms with van der Waals surface area (Å²) >= 11 is 0. The predicted molar refractivity (Wildman–Crippen MR) is 60.3 cm³/mol. The van der Waals surface area contributed by atoms with Crippen LogP contribution in [0, 0.1) is 5.82 Å². The summed E-state index contributed by atoms with van der Waals surface area (Å²) in [7, 11) is 0. The summed E-state index contributed by atoms with van der Waals surface area (Å²) in [6.45, 7) is 0.287. The van der Waals surface area contributed by atoms with E-state index in [1.165, 1.54) is 16.9 Å². The van der Waals surface area contributed by atoms with Crippen LogP contribution in [0.2, 0.25) is 0 Å². The number of benzene rings is 1. The average Bonchev–Trinajstić information content (AvgIpc) is 2.91. The SMILES string of the molecule is O=c1[nH]c2c(F)cccc2n1Cc1ccco1. The number of H-pyrrole nitrogens is 1. The Morgan fingerprint density at radius 1 is 1.29 bits per heavy atom. The Morgan fingerprint density at radius 3 is 2.94 bits per heavy atom. The van der Waals surface area contributed by atoms with Crippen LogP contribution in [-0.4, -0.2) is 9.55 Å². The molecule has 5 heteroatoms. The van der Waals surface area contributed by atoms with Gasteiger partial charge in [-0.05, 0) is 24.3 Å². The summed E-state index contributed by atoms with van der Waals surface area (Å²) in [5.74, 6) is 0.218. The van der Waals surface area contributed by atoms with Crippen LogP contribution in [-0.2, 0) is 6.54 Å². The zero-order chi connectivity index (χ0) is 11.8. The minimum absolute atomic E-state index is 0.226. The van der Waals surface area contributed by atoms with Crippen LogP contribution < -0.4 is 5.69 Å². The second-order valence-electron chi connectivity index (χ2n) is 3.73. The largest absolute Gasteiger partial charge is 0.467 e. The van der Waals surface area contributed by atoms with Crippen molar-refractivity contribution in [3.05, 3.63) is 58.7 Å². The van der Waals surface area contributed by atoms with Gasteiger partial charge in [-0.1, -0.05) is 6.07 Å². The van der Waals surface area contributed by atoms with Gasteiger partial charge in [0.1, 0.15) is 17.1 Å². The van der Waals surface area contributed by atoms with Gasteiger partial charge in [0, 0.05) is 0 Å². The first-order valence-electron chi connectivity index (χ1n) is 5.15. The Kier molecular flexibility index (Phi) is 2.11. The van der Waals surface area contributed by atoms with E-state index in [2.05, 4.69) is 4.98 Å². The highest BCUT2D eigenvalue weighted by molar-refractivity contribution is 5.75. The number of halogens is 1. The molecule has 17 heavy (non-hydrogen) atoms. The Bertz CT molecular complexity index is 710. The predicted octanol–water partition coefficient (Wildman–Crippen LogP) is 2.11. The van der Waals surface area contributed by atoms with Gasteiger partial charge in [-0.2, -0.15) is 0 Å². The number of nitrogens with zero attached hydrogens (tertiary/aromatic N) is 1. The van der Waals surface area contributed by atoms with Gasteiger partial charge in [0.2, 0.25) is 0 Å². The number of rotatable bonds is 2. The fourth-order valence-corrected chi connectivity index (χ4v) is 1.86. The number of fused-ring (bicyclic) bond motifs is 1. The molecule has 0 aliphatic heterocycles. The summed E-state index contributed by atoms with van der Waals surface area (Å²) in [6.07, 6.45) is 1.54. The highest BCUT2D eigenvalue weighted by Crippen LogP contribution is 2.15. The average molecular weight is 232 g/mol. The molecule has 2 heterocycles. The van der Waals surface area contributed by atoms with E-state index < -0.39 is 5.82 Å². The van der Waals surface area contributed by atoms with Crippen LogP contribution >= 0.6 is 0 Å². The third-order valence-corrected chi connectivity index (χ3v) is 2.65. The normalized spacial score (nSPS) is 11.1. The molecule has 0 unspecified atom stereocenters. The minimum Gasteiger partial charge on any atom is -0.467 e. The number of furan rings is 1. The number of hydrogen-bond donors (Lipinski definition) is 1. The molecular weight excluding hydrogens is 223 g/mol. The monoisotopic (exact) mass is 232 g/mol. The number of para-hydroxylation sites is 1. The quantitative estimate of drug-likeness (QED) is 0.735. The third-order valence-electron chi connectivity index (χ3n) is 2.65. The van der Waals surface area contributed by atoms with E-state index in [0.29, 0.717) is 11.3 Å². The first-order chi connectivity index (χ1) is 8.25. The standard InChI is InChI=1S/C12H9FN2O2/c13-9-4-1-5-10-11(9)14-12(16)15(10)7-8-3-2-6-17-8/h1-6H,7H2,(H,14,16). The van der Waals surface area contributed by atoms with E-state index in [0.717, 1.165) is 0 Å². The molecule has 0 spiro atoms. The molecule has 4 nitrogen and oxygen atoms in total. The van der Waals surface area contributed by atoms with Crippen molar-refractivity contribution in [1.82, 2.24) is 9.55 Å². The molecule has 3 aromatic rings. The van der Waals surface area contributed by atoms with Crippen molar-refractivity contribution in [1.29, 1.82) is 0 Å². The van der Waals surface area contributed by atoms with Crippen molar-refractivity contribution in [2.45, 2.75) is 6.54 Å². The Morgan fingerprint density at radius 2 is 2.18 bits per heavy atom. The van der Waals surface area contributed by atoms with Crippen LogP contribution in [0.3, 0.4) is 0 Å². The van der Waals surface area contributed by atoms with Gasteiger partial charge in [0.15, 0.2) is 0 Å². The molecule has 0 aliphatic rings. The summed E-state index contributed by atoms with van der Waals surface area (Å²) in [4.78, 5) is 14.2. The lowest BCUT2D eigenvalue weighted by Gasteiger charge is -2.00. The zero-order valence-corrected chi connectivity index (χ0v) is 8.81. The zero-order valence-electron chi connectivity index (χ0n) is 8.81. The lowest BCUT2D eigenvalue weighted by atomic mass is 10.3. The number of hydrogen-bond acceptors (Lipinski definition) is 2. The Balaban J connectivity index is 2.19. The molecule has 0 atom stereocenters. The van der Waals surface area contributed by atoms with Crippen molar-refractivity contribution in [3.8, 4) is 0 Å². The summed E-state index contributed by atoms with van der Waals surface area (Å²) in [5.41, 5.74) is 0.414. The van der Waals surface area contributed by atoms with Crippen LogP contribution in [0.5, 0.6) is 0 Å². The number of nitrogens with one attached hydrogen (secondary N) is 1. The topological polar surface area (TPSA) is 50.9 Å². The highest BCUT2D eigenvalue weighted by atomic mass is 19.1. The maximum atomic E-state index is 13.5. The molecule has 1 aromatic carbocycles.